The van der Waals surface area contributed by atoms with Crippen LogP contribution in [-0.4, -0.2) is 17.3 Å². The van der Waals surface area contributed by atoms with Gasteiger partial charge in [0.2, 0.25) is 0 Å². The zero-order valence-corrected chi connectivity index (χ0v) is 10.9. The predicted octanol–water partition coefficient (Wildman–Crippen LogP) is 4.14. The van der Waals surface area contributed by atoms with E-state index in [9.17, 15) is 18.0 Å². The van der Waals surface area contributed by atoms with Crippen molar-refractivity contribution in [1.29, 1.82) is 0 Å². The lowest BCUT2D eigenvalue weighted by molar-refractivity contribution is -0.185. The number of carbonyl (C=O) groups is 1. The lowest BCUT2D eigenvalue weighted by Crippen LogP contribution is -2.27. The number of benzene rings is 1. The Kier molecular flexibility index (Phi) is 4.97. The van der Waals surface area contributed by atoms with Crippen LogP contribution in [0.2, 0.25) is 0 Å². The quantitative estimate of drug-likeness (QED) is 0.876. The summed E-state index contributed by atoms with van der Waals surface area (Å²) in [5, 5.41) is 8.57. The molecule has 0 aliphatic carbocycles. The average molecular weight is 274 g/mol. The van der Waals surface area contributed by atoms with Crippen molar-refractivity contribution >= 4 is 5.97 Å². The average Bonchev–Trinajstić information content (AvgIpc) is 2.27. The molecule has 1 aromatic carbocycles. The normalized spacial score (nSPS) is 15.0. The fraction of sp³-hybridized carbons (Fsp3) is 0.500. The van der Waals surface area contributed by atoms with Crippen molar-refractivity contribution in [2.24, 2.45) is 5.92 Å². The summed E-state index contributed by atoms with van der Waals surface area (Å²) < 4.78 is 38.3. The number of carboxylic acids is 1. The Morgan fingerprint density at radius 2 is 1.79 bits per heavy atom. The lowest BCUT2D eigenvalue weighted by Gasteiger charge is -2.22. The number of hydrogen-bond acceptors (Lipinski definition) is 1. The van der Waals surface area contributed by atoms with Gasteiger partial charge in [-0.05, 0) is 24.8 Å². The molecule has 0 heterocycles. The molecule has 0 bridgehead atoms. The molecular weight excluding hydrogens is 257 g/mol. The Hall–Kier alpha value is -1.52. The number of alkyl halides is 3. The topological polar surface area (TPSA) is 37.3 Å². The summed E-state index contributed by atoms with van der Waals surface area (Å²) in [6, 6.07) is 7.25. The van der Waals surface area contributed by atoms with E-state index in [1.165, 1.54) is 0 Å². The fourth-order valence-electron chi connectivity index (χ4n) is 2.00. The molecule has 0 saturated carbocycles. The molecule has 0 spiro atoms. The van der Waals surface area contributed by atoms with Crippen LogP contribution in [0, 0.1) is 12.8 Å². The van der Waals surface area contributed by atoms with Crippen LogP contribution in [-0.2, 0) is 4.79 Å². The van der Waals surface area contributed by atoms with Gasteiger partial charge < -0.3 is 5.11 Å². The first-order valence-electron chi connectivity index (χ1n) is 6.05. The zero-order chi connectivity index (χ0) is 14.6. The van der Waals surface area contributed by atoms with E-state index >= 15 is 0 Å². The van der Waals surface area contributed by atoms with Gasteiger partial charge in [0.15, 0.2) is 0 Å². The van der Waals surface area contributed by atoms with Crippen LogP contribution in [0.5, 0.6) is 0 Å². The maximum absolute atomic E-state index is 12.8. The molecule has 0 aliphatic heterocycles. The van der Waals surface area contributed by atoms with Gasteiger partial charge in [-0.1, -0.05) is 36.8 Å². The molecule has 0 aromatic heterocycles. The van der Waals surface area contributed by atoms with Gasteiger partial charge in [0.1, 0.15) is 0 Å². The molecule has 106 valence electrons. The highest BCUT2D eigenvalue weighted by Crippen LogP contribution is 2.36. The molecule has 19 heavy (non-hydrogen) atoms. The van der Waals surface area contributed by atoms with E-state index in [1.807, 2.05) is 19.1 Å². The standard InChI is InChI=1S/C14H17F3O2/c1-9-3-5-11(6-4-9)10(2)7-12(8-13(18)19)14(15,16)17/h3-6,10,12H,7-8H2,1-2H3,(H,18,19). The van der Waals surface area contributed by atoms with Crippen LogP contribution >= 0.6 is 0 Å². The summed E-state index contributed by atoms with van der Waals surface area (Å²) in [7, 11) is 0. The first-order valence-corrected chi connectivity index (χ1v) is 6.05. The molecular formula is C14H17F3O2. The Morgan fingerprint density at radius 3 is 2.21 bits per heavy atom. The van der Waals surface area contributed by atoms with Crippen LogP contribution in [0.3, 0.4) is 0 Å². The van der Waals surface area contributed by atoms with Crippen LogP contribution in [0.4, 0.5) is 13.2 Å². The summed E-state index contributed by atoms with van der Waals surface area (Å²) in [5.74, 6) is -3.55. The van der Waals surface area contributed by atoms with E-state index in [0.29, 0.717) is 0 Å². The van der Waals surface area contributed by atoms with Gasteiger partial charge in [-0.15, -0.1) is 0 Å². The third-order valence-electron chi connectivity index (χ3n) is 3.17. The second-order valence-electron chi connectivity index (χ2n) is 4.88. The first-order chi connectivity index (χ1) is 8.70. The maximum Gasteiger partial charge on any atom is 0.392 e. The molecule has 2 atom stereocenters. The van der Waals surface area contributed by atoms with E-state index in [2.05, 4.69) is 0 Å². The first kappa shape index (κ1) is 15.5. The summed E-state index contributed by atoms with van der Waals surface area (Å²) >= 11 is 0. The minimum Gasteiger partial charge on any atom is -0.481 e. The summed E-state index contributed by atoms with van der Waals surface area (Å²) in [5.41, 5.74) is 1.83. The van der Waals surface area contributed by atoms with Gasteiger partial charge in [-0.2, -0.15) is 13.2 Å². The van der Waals surface area contributed by atoms with E-state index in [0.717, 1.165) is 11.1 Å². The highest BCUT2D eigenvalue weighted by atomic mass is 19.4. The molecule has 0 fully saturated rings. The largest absolute Gasteiger partial charge is 0.481 e. The Labute approximate surface area is 110 Å². The Morgan fingerprint density at radius 1 is 1.26 bits per heavy atom. The third kappa shape index (κ3) is 4.93. The molecule has 5 heteroatoms. The third-order valence-corrected chi connectivity index (χ3v) is 3.17. The second-order valence-corrected chi connectivity index (χ2v) is 4.88. The molecule has 0 radical (unpaired) electrons. The van der Waals surface area contributed by atoms with E-state index in [4.69, 9.17) is 5.11 Å². The lowest BCUT2D eigenvalue weighted by atomic mass is 9.88. The van der Waals surface area contributed by atoms with Crippen LogP contribution in [0.15, 0.2) is 24.3 Å². The smallest absolute Gasteiger partial charge is 0.392 e. The van der Waals surface area contributed by atoms with Gasteiger partial charge in [0.05, 0.1) is 12.3 Å². The van der Waals surface area contributed by atoms with Crippen molar-refractivity contribution in [3.8, 4) is 0 Å². The molecule has 2 unspecified atom stereocenters. The number of aliphatic carboxylic acids is 1. The van der Waals surface area contributed by atoms with Crippen molar-refractivity contribution in [2.45, 2.75) is 38.8 Å². The number of carboxylic acid groups (broad SMARTS) is 1. The van der Waals surface area contributed by atoms with Crippen molar-refractivity contribution in [3.05, 3.63) is 35.4 Å². The summed E-state index contributed by atoms with van der Waals surface area (Å²) in [6.45, 7) is 3.59. The Balaban J connectivity index is 2.78. The maximum atomic E-state index is 12.8. The highest BCUT2D eigenvalue weighted by molar-refractivity contribution is 5.67. The Bertz CT molecular complexity index is 423. The zero-order valence-electron chi connectivity index (χ0n) is 10.9. The number of hydrogen-bond donors (Lipinski definition) is 1. The number of halogens is 3. The summed E-state index contributed by atoms with van der Waals surface area (Å²) in [6.07, 6.45) is -5.56. The molecule has 1 aromatic rings. The van der Waals surface area contributed by atoms with Crippen molar-refractivity contribution in [2.75, 3.05) is 0 Å². The molecule has 1 rings (SSSR count). The van der Waals surface area contributed by atoms with Gasteiger partial charge in [0.25, 0.3) is 0 Å². The monoisotopic (exact) mass is 274 g/mol. The second kappa shape index (κ2) is 6.08. The SMILES string of the molecule is Cc1ccc(C(C)CC(CC(=O)O)C(F)(F)F)cc1. The molecule has 1 N–H and O–H groups in total. The fourth-order valence-corrected chi connectivity index (χ4v) is 2.00. The number of rotatable bonds is 5. The van der Waals surface area contributed by atoms with Gasteiger partial charge >= 0.3 is 12.1 Å². The minimum atomic E-state index is -4.47. The van der Waals surface area contributed by atoms with E-state index in [-0.39, 0.29) is 12.3 Å². The van der Waals surface area contributed by atoms with Gasteiger partial charge in [-0.3, -0.25) is 4.79 Å². The highest BCUT2D eigenvalue weighted by Gasteiger charge is 2.41. The van der Waals surface area contributed by atoms with Crippen LogP contribution < -0.4 is 0 Å². The van der Waals surface area contributed by atoms with Crippen molar-refractivity contribution < 1.29 is 23.1 Å². The van der Waals surface area contributed by atoms with Crippen molar-refractivity contribution in [3.63, 3.8) is 0 Å². The minimum absolute atomic E-state index is 0.209. The summed E-state index contributed by atoms with van der Waals surface area (Å²) in [4.78, 5) is 10.5. The van der Waals surface area contributed by atoms with E-state index < -0.39 is 24.5 Å². The molecule has 0 saturated heterocycles. The molecule has 0 amide bonds. The van der Waals surface area contributed by atoms with Gasteiger partial charge in [0, 0.05) is 0 Å². The molecule has 0 aliphatic rings. The van der Waals surface area contributed by atoms with Crippen molar-refractivity contribution in [1.82, 2.24) is 0 Å². The predicted molar refractivity (Wildman–Crippen MR) is 66.0 cm³/mol. The van der Waals surface area contributed by atoms with Crippen LogP contribution in [0.1, 0.15) is 36.8 Å². The van der Waals surface area contributed by atoms with Gasteiger partial charge in [-0.25, -0.2) is 0 Å². The van der Waals surface area contributed by atoms with Crippen LogP contribution in [0.25, 0.3) is 0 Å². The molecule has 2 nitrogen and oxygen atoms in total. The van der Waals surface area contributed by atoms with E-state index in [1.54, 1.807) is 19.1 Å². The number of aryl methyl sites for hydroxylation is 1.